The highest BCUT2D eigenvalue weighted by Crippen LogP contribution is 2.01. The van der Waals surface area contributed by atoms with Gasteiger partial charge in [-0.25, -0.2) is 0 Å². The highest BCUT2D eigenvalue weighted by Gasteiger charge is 2.02. The summed E-state index contributed by atoms with van der Waals surface area (Å²) >= 11 is 0. The summed E-state index contributed by atoms with van der Waals surface area (Å²) in [5.74, 6) is 0.202. The molecule has 0 spiro atoms. The molecule has 0 aromatic heterocycles. The molecule has 0 bridgehead atoms. The van der Waals surface area contributed by atoms with Crippen LogP contribution >= 0.6 is 0 Å². The monoisotopic (exact) mass is 341 g/mol. The maximum absolute atomic E-state index is 11.6. The standard InChI is InChI=1S/C18H35N3O3/c19-13-7-3-5-11-17(23)21-15-9-4-6-12-18(24)20-14-8-1-2-10-16-22/h16H,1-15,19H2,(H,20,24)(H,21,23). The normalized spacial score (nSPS) is 10.4. The lowest BCUT2D eigenvalue weighted by Gasteiger charge is -2.06. The second kappa shape index (κ2) is 17.9. The largest absolute Gasteiger partial charge is 0.356 e. The summed E-state index contributed by atoms with van der Waals surface area (Å²) in [6, 6.07) is 0. The molecule has 0 atom stereocenters. The molecule has 0 rings (SSSR count). The summed E-state index contributed by atoms with van der Waals surface area (Å²) in [4.78, 5) is 33.3. The number of unbranched alkanes of at least 4 members (excludes halogenated alkanes) is 7. The van der Waals surface area contributed by atoms with Crippen LogP contribution in [0.4, 0.5) is 0 Å². The molecule has 0 saturated carbocycles. The van der Waals surface area contributed by atoms with E-state index in [1.807, 2.05) is 0 Å². The summed E-state index contributed by atoms with van der Waals surface area (Å²) in [5.41, 5.74) is 5.40. The van der Waals surface area contributed by atoms with Gasteiger partial charge in [-0.3, -0.25) is 9.59 Å². The second-order valence-electron chi connectivity index (χ2n) is 6.13. The second-order valence-corrected chi connectivity index (χ2v) is 6.13. The molecule has 0 fully saturated rings. The van der Waals surface area contributed by atoms with E-state index in [1.54, 1.807) is 0 Å². The number of hydrogen-bond acceptors (Lipinski definition) is 4. The van der Waals surface area contributed by atoms with Gasteiger partial charge in [-0.2, -0.15) is 0 Å². The van der Waals surface area contributed by atoms with Crippen LogP contribution in [0.2, 0.25) is 0 Å². The molecule has 0 radical (unpaired) electrons. The summed E-state index contributed by atoms with van der Waals surface area (Å²) in [6.45, 7) is 2.07. The van der Waals surface area contributed by atoms with Crippen molar-refractivity contribution in [2.75, 3.05) is 19.6 Å². The lowest BCUT2D eigenvalue weighted by Crippen LogP contribution is -2.25. The van der Waals surface area contributed by atoms with Gasteiger partial charge in [0.1, 0.15) is 6.29 Å². The lowest BCUT2D eigenvalue weighted by atomic mass is 10.1. The van der Waals surface area contributed by atoms with Gasteiger partial charge in [-0.1, -0.05) is 19.3 Å². The van der Waals surface area contributed by atoms with Crippen LogP contribution in [-0.2, 0) is 14.4 Å². The van der Waals surface area contributed by atoms with E-state index in [9.17, 15) is 14.4 Å². The number of amides is 2. The van der Waals surface area contributed by atoms with E-state index >= 15 is 0 Å². The highest BCUT2D eigenvalue weighted by molar-refractivity contribution is 5.76. The van der Waals surface area contributed by atoms with Crippen molar-refractivity contribution >= 4 is 18.1 Å². The number of nitrogens with one attached hydrogen (secondary N) is 2. The Hall–Kier alpha value is -1.43. The van der Waals surface area contributed by atoms with Crippen LogP contribution in [0.25, 0.3) is 0 Å². The SMILES string of the molecule is NCCCCCC(=O)NCCCCCC(=O)NCCCCCC=O. The van der Waals surface area contributed by atoms with E-state index in [-0.39, 0.29) is 11.8 Å². The molecule has 0 aromatic carbocycles. The van der Waals surface area contributed by atoms with Crippen molar-refractivity contribution in [3.8, 4) is 0 Å². The zero-order chi connectivity index (χ0) is 17.9. The molecular formula is C18H35N3O3. The fourth-order valence-corrected chi connectivity index (χ4v) is 2.36. The zero-order valence-corrected chi connectivity index (χ0v) is 15.0. The van der Waals surface area contributed by atoms with Gasteiger partial charge >= 0.3 is 0 Å². The average molecular weight is 341 g/mol. The first-order chi connectivity index (χ1) is 11.7. The van der Waals surface area contributed by atoms with Crippen molar-refractivity contribution in [3.05, 3.63) is 0 Å². The van der Waals surface area contributed by atoms with Crippen LogP contribution in [0.15, 0.2) is 0 Å². The molecule has 0 aromatic rings. The first-order valence-electron chi connectivity index (χ1n) is 9.37. The Kier molecular flexibility index (Phi) is 16.8. The van der Waals surface area contributed by atoms with Crippen LogP contribution in [0.3, 0.4) is 0 Å². The number of carbonyl (C=O) groups is 3. The molecular weight excluding hydrogens is 306 g/mol. The van der Waals surface area contributed by atoms with Crippen LogP contribution in [0.5, 0.6) is 0 Å². The summed E-state index contributed by atoms with van der Waals surface area (Å²) in [5, 5.41) is 5.81. The lowest BCUT2D eigenvalue weighted by molar-refractivity contribution is -0.122. The van der Waals surface area contributed by atoms with Gasteiger partial charge in [0.15, 0.2) is 0 Å². The first kappa shape index (κ1) is 22.6. The maximum atomic E-state index is 11.6. The van der Waals surface area contributed by atoms with Gasteiger partial charge < -0.3 is 21.2 Å². The van der Waals surface area contributed by atoms with Crippen molar-refractivity contribution in [1.29, 1.82) is 0 Å². The minimum atomic E-state index is 0.0920. The van der Waals surface area contributed by atoms with Gasteiger partial charge in [0.05, 0.1) is 0 Å². The number of aldehydes is 1. The van der Waals surface area contributed by atoms with Gasteiger partial charge in [0, 0.05) is 32.4 Å². The fourth-order valence-electron chi connectivity index (χ4n) is 2.36. The van der Waals surface area contributed by atoms with Crippen molar-refractivity contribution in [2.24, 2.45) is 5.73 Å². The average Bonchev–Trinajstić information content (AvgIpc) is 2.58. The molecule has 0 heterocycles. The number of hydrogen-bond donors (Lipinski definition) is 3. The third-order valence-corrected chi connectivity index (χ3v) is 3.83. The minimum absolute atomic E-state index is 0.0920. The molecule has 6 heteroatoms. The van der Waals surface area contributed by atoms with Crippen molar-refractivity contribution in [2.45, 2.75) is 77.0 Å². The van der Waals surface area contributed by atoms with E-state index < -0.39 is 0 Å². The Morgan fingerprint density at radius 3 is 1.71 bits per heavy atom. The minimum Gasteiger partial charge on any atom is -0.356 e. The van der Waals surface area contributed by atoms with Crippen LogP contribution in [0.1, 0.15) is 77.0 Å². The molecule has 2 amide bonds. The third-order valence-electron chi connectivity index (χ3n) is 3.83. The van der Waals surface area contributed by atoms with Gasteiger partial charge in [-0.15, -0.1) is 0 Å². The van der Waals surface area contributed by atoms with E-state index in [4.69, 9.17) is 5.73 Å². The van der Waals surface area contributed by atoms with Crippen LogP contribution < -0.4 is 16.4 Å². The maximum Gasteiger partial charge on any atom is 0.219 e. The van der Waals surface area contributed by atoms with Crippen molar-refractivity contribution in [1.82, 2.24) is 10.6 Å². The summed E-state index contributed by atoms with van der Waals surface area (Å²) in [6.07, 6.45) is 11.1. The van der Waals surface area contributed by atoms with Crippen LogP contribution in [-0.4, -0.2) is 37.7 Å². The Bertz CT molecular complexity index is 335. The highest BCUT2D eigenvalue weighted by atomic mass is 16.2. The molecule has 24 heavy (non-hydrogen) atoms. The number of rotatable bonds is 17. The Morgan fingerprint density at radius 1 is 0.708 bits per heavy atom. The molecule has 0 aliphatic heterocycles. The Balaban J connectivity index is 3.29. The molecule has 6 nitrogen and oxygen atoms in total. The van der Waals surface area contributed by atoms with Crippen LogP contribution in [0, 0.1) is 0 Å². The summed E-state index contributed by atoms with van der Waals surface area (Å²) in [7, 11) is 0. The van der Waals surface area contributed by atoms with Gasteiger partial charge in [-0.05, 0) is 45.1 Å². The van der Waals surface area contributed by atoms with Gasteiger partial charge in [0.25, 0.3) is 0 Å². The smallest absolute Gasteiger partial charge is 0.219 e. The first-order valence-corrected chi connectivity index (χ1v) is 9.37. The zero-order valence-electron chi connectivity index (χ0n) is 15.0. The predicted molar refractivity (Wildman–Crippen MR) is 96.5 cm³/mol. The molecule has 0 unspecified atom stereocenters. The Morgan fingerprint density at radius 2 is 1.21 bits per heavy atom. The molecule has 140 valence electrons. The molecule has 0 aliphatic carbocycles. The van der Waals surface area contributed by atoms with E-state index in [1.165, 1.54) is 0 Å². The fraction of sp³-hybridized carbons (Fsp3) is 0.833. The van der Waals surface area contributed by atoms with Gasteiger partial charge in [0.2, 0.25) is 11.8 Å². The quantitative estimate of drug-likeness (QED) is 0.278. The van der Waals surface area contributed by atoms with E-state index in [0.29, 0.717) is 38.9 Å². The third kappa shape index (κ3) is 16.9. The summed E-state index contributed by atoms with van der Waals surface area (Å²) < 4.78 is 0. The molecule has 0 aliphatic rings. The molecule has 4 N–H and O–H groups in total. The van der Waals surface area contributed by atoms with Crippen molar-refractivity contribution in [3.63, 3.8) is 0 Å². The van der Waals surface area contributed by atoms with E-state index in [2.05, 4.69) is 10.6 Å². The Labute approximate surface area is 146 Å². The predicted octanol–water partition coefficient (Wildman–Crippen LogP) is 2.06. The van der Waals surface area contributed by atoms with E-state index in [0.717, 1.165) is 64.1 Å². The number of carbonyl (C=O) groups excluding carboxylic acids is 3. The molecule has 0 saturated heterocycles. The number of nitrogens with two attached hydrogens (primary N) is 1. The van der Waals surface area contributed by atoms with Crippen molar-refractivity contribution < 1.29 is 14.4 Å². The topological polar surface area (TPSA) is 101 Å².